The molecule has 26 heavy (non-hydrogen) atoms. The molecule has 0 radical (unpaired) electrons. The van der Waals surface area contributed by atoms with Crippen LogP contribution in [0.25, 0.3) is 5.65 Å². The molecule has 0 atom stereocenters. The Bertz CT molecular complexity index is 895. The van der Waals surface area contributed by atoms with Crippen LogP contribution in [-0.4, -0.2) is 38.8 Å². The van der Waals surface area contributed by atoms with Crippen molar-refractivity contribution in [1.29, 1.82) is 0 Å². The van der Waals surface area contributed by atoms with Gasteiger partial charge < -0.3 is 10.2 Å². The van der Waals surface area contributed by atoms with Crippen molar-refractivity contribution in [2.75, 3.05) is 18.0 Å². The number of amides is 1. The lowest BCUT2D eigenvalue weighted by molar-refractivity contribution is -0.127. The smallest absolute Gasteiger partial charge is 0.223 e. The fraction of sp³-hybridized carbons (Fsp3) is 0.444. The molecule has 0 aromatic carbocycles. The second-order valence-electron chi connectivity index (χ2n) is 7.18. The van der Waals surface area contributed by atoms with Crippen LogP contribution in [0.2, 0.25) is 0 Å². The summed E-state index contributed by atoms with van der Waals surface area (Å²) >= 11 is 1.67. The molecule has 7 nitrogen and oxygen atoms in total. The summed E-state index contributed by atoms with van der Waals surface area (Å²) in [6, 6.07) is 7.97. The molecular formula is C18H22N6OS. The van der Waals surface area contributed by atoms with Crippen molar-refractivity contribution in [3.8, 4) is 0 Å². The summed E-state index contributed by atoms with van der Waals surface area (Å²) in [5.41, 5.74) is 0.405. The first-order valence-corrected chi connectivity index (χ1v) is 9.69. The van der Waals surface area contributed by atoms with E-state index in [-0.39, 0.29) is 17.4 Å². The van der Waals surface area contributed by atoms with Crippen LogP contribution in [0.4, 0.5) is 5.82 Å². The van der Waals surface area contributed by atoms with E-state index in [2.05, 4.69) is 45.4 Å². The van der Waals surface area contributed by atoms with Crippen LogP contribution in [0.1, 0.15) is 31.6 Å². The summed E-state index contributed by atoms with van der Waals surface area (Å²) in [5, 5.41) is 17.6. The SMILES string of the molecule is CC(C)(NC(=O)C1CCN(c2ccc3nncn3n2)CC1)c1cccs1. The minimum Gasteiger partial charge on any atom is -0.355 e. The third-order valence-corrected chi connectivity index (χ3v) is 6.10. The van der Waals surface area contributed by atoms with E-state index in [9.17, 15) is 4.79 Å². The van der Waals surface area contributed by atoms with Crippen LogP contribution in [-0.2, 0) is 10.3 Å². The molecule has 136 valence electrons. The largest absolute Gasteiger partial charge is 0.355 e. The molecule has 1 amide bonds. The predicted octanol–water partition coefficient (Wildman–Crippen LogP) is 2.45. The molecule has 0 saturated carbocycles. The number of nitrogens with one attached hydrogen (secondary N) is 1. The molecule has 1 aliphatic rings. The Balaban J connectivity index is 1.37. The standard InChI is InChI=1S/C18H22N6OS/c1-18(2,14-4-3-11-26-14)20-17(25)13-7-9-23(10-8-13)16-6-5-15-21-19-12-24(15)22-16/h3-6,11-13H,7-10H2,1-2H3,(H,20,25). The van der Waals surface area contributed by atoms with Crippen molar-refractivity contribution in [3.63, 3.8) is 0 Å². The van der Waals surface area contributed by atoms with Gasteiger partial charge in [-0.15, -0.1) is 26.6 Å². The first-order chi connectivity index (χ1) is 12.5. The Morgan fingerprint density at radius 2 is 2.08 bits per heavy atom. The Kier molecular flexibility index (Phi) is 4.36. The number of hydrogen-bond donors (Lipinski definition) is 1. The van der Waals surface area contributed by atoms with Gasteiger partial charge in [0.05, 0.1) is 5.54 Å². The van der Waals surface area contributed by atoms with Crippen LogP contribution in [0.15, 0.2) is 36.0 Å². The van der Waals surface area contributed by atoms with Gasteiger partial charge in [0, 0.05) is 23.9 Å². The van der Waals surface area contributed by atoms with E-state index in [1.54, 1.807) is 22.2 Å². The molecule has 1 saturated heterocycles. The van der Waals surface area contributed by atoms with Crippen molar-refractivity contribution in [2.24, 2.45) is 5.92 Å². The van der Waals surface area contributed by atoms with Gasteiger partial charge in [-0.05, 0) is 50.3 Å². The van der Waals surface area contributed by atoms with Gasteiger partial charge in [0.1, 0.15) is 12.1 Å². The zero-order valence-corrected chi connectivity index (χ0v) is 15.7. The van der Waals surface area contributed by atoms with E-state index in [0.717, 1.165) is 37.4 Å². The molecule has 1 aliphatic heterocycles. The van der Waals surface area contributed by atoms with E-state index in [1.807, 2.05) is 23.6 Å². The summed E-state index contributed by atoms with van der Waals surface area (Å²) in [4.78, 5) is 16.1. The van der Waals surface area contributed by atoms with Gasteiger partial charge in [0.15, 0.2) is 5.65 Å². The van der Waals surface area contributed by atoms with Gasteiger partial charge in [-0.25, -0.2) is 0 Å². The van der Waals surface area contributed by atoms with E-state index < -0.39 is 0 Å². The van der Waals surface area contributed by atoms with Crippen molar-refractivity contribution in [2.45, 2.75) is 32.2 Å². The fourth-order valence-corrected chi connectivity index (χ4v) is 4.17. The molecule has 0 unspecified atom stereocenters. The summed E-state index contributed by atoms with van der Waals surface area (Å²) in [7, 11) is 0. The Morgan fingerprint density at radius 3 is 2.81 bits per heavy atom. The lowest BCUT2D eigenvalue weighted by atomic mass is 9.93. The van der Waals surface area contributed by atoms with Crippen LogP contribution in [0.3, 0.4) is 0 Å². The van der Waals surface area contributed by atoms with Gasteiger partial charge in [-0.1, -0.05) is 6.07 Å². The summed E-state index contributed by atoms with van der Waals surface area (Å²) in [6.07, 6.45) is 3.26. The molecule has 4 heterocycles. The molecule has 1 fully saturated rings. The zero-order chi connectivity index (χ0) is 18.1. The number of fused-ring (bicyclic) bond motifs is 1. The topological polar surface area (TPSA) is 75.4 Å². The average Bonchev–Trinajstić information content (AvgIpc) is 3.33. The highest BCUT2D eigenvalue weighted by Crippen LogP contribution is 2.27. The second kappa shape index (κ2) is 6.68. The maximum absolute atomic E-state index is 12.7. The molecule has 8 heteroatoms. The van der Waals surface area contributed by atoms with E-state index in [1.165, 1.54) is 4.88 Å². The van der Waals surface area contributed by atoms with E-state index in [0.29, 0.717) is 0 Å². The maximum atomic E-state index is 12.7. The highest BCUT2D eigenvalue weighted by Gasteiger charge is 2.30. The first kappa shape index (κ1) is 17.0. The average molecular weight is 370 g/mol. The Morgan fingerprint density at radius 1 is 1.27 bits per heavy atom. The van der Waals surface area contributed by atoms with Crippen molar-refractivity contribution in [3.05, 3.63) is 40.8 Å². The number of carbonyl (C=O) groups excluding carboxylic acids is 1. The molecule has 0 aliphatic carbocycles. The monoisotopic (exact) mass is 370 g/mol. The number of nitrogens with zero attached hydrogens (tertiary/aromatic N) is 5. The van der Waals surface area contributed by atoms with Crippen molar-refractivity contribution >= 4 is 28.7 Å². The predicted molar refractivity (Wildman–Crippen MR) is 101 cm³/mol. The number of thiophene rings is 1. The summed E-state index contributed by atoms with van der Waals surface area (Å²) < 4.78 is 1.68. The number of piperidine rings is 1. The van der Waals surface area contributed by atoms with Gasteiger partial charge in [-0.3, -0.25) is 4.79 Å². The highest BCUT2D eigenvalue weighted by atomic mass is 32.1. The highest BCUT2D eigenvalue weighted by molar-refractivity contribution is 7.10. The quantitative estimate of drug-likeness (QED) is 0.763. The van der Waals surface area contributed by atoms with Gasteiger partial charge in [0.2, 0.25) is 5.91 Å². The van der Waals surface area contributed by atoms with E-state index in [4.69, 9.17) is 0 Å². The normalized spacial score (nSPS) is 16.2. The number of rotatable bonds is 4. The van der Waals surface area contributed by atoms with Gasteiger partial charge in [0.25, 0.3) is 0 Å². The Hall–Kier alpha value is -2.48. The summed E-state index contributed by atoms with van der Waals surface area (Å²) in [6.45, 7) is 5.75. The molecule has 4 rings (SSSR count). The van der Waals surface area contributed by atoms with Crippen LogP contribution < -0.4 is 10.2 Å². The maximum Gasteiger partial charge on any atom is 0.223 e. The third kappa shape index (κ3) is 3.29. The third-order valence-electron chi connectivity index (χ3n) is 4.91. The lowest BCUT2D eigenvalue weighted by Gasteiger charge is -2.34. The minimum absolute atomic E-state index is 0.0455. The van der Waals surface area contributed by atoms with Crippen LogP contribution >= 0.6 is 11.3 Å². The number of carbonyl (C=O) groups is 1. The number of hydrogen-bond acceptors (Lipinski definition) is 6. The van der Waals surface area contributed by atoms with Crippen LogP contribution in [0, 0.1) is 5.92 Å². The van der Waals surface area contributed by atoms with Gasteiger partial charge >= 0.3 is 0 Å². The van der Waals surface area contributed by atoms with Crippen molar-refractivity contribution in [1.82, 2.24) is 25.1 Å². The van der Waals surface area contributed by atoms with Crippen molar-refractivity contribution < 1.29 is 4.79 Å². The molecule has 3 aromatic rings. The molecule has 3 aromatic heterocycles. The zero-order valence-electron chi connectivity index (χ0n) is 14.9. The van der Waals surface area contributed by atoms with E-state index >= 15 is 0 Å². The molecular weight excluding hydrogens is 348 g/mol. The fourth-order valence-electron chi connectivity index (χ4n) is 3.36. The lowest BCUT2D eigenvalue weighted by Crippen LogP contribution is -2.46. The first-order valence-electron chi connectivity index (χ1n) is 8.81. The summed E-state index contributed by atoms with van der Waals surface area (Å²) in [5.74, 6) is 1.09. The Labute approximate surface area is 156 Å². The molecule has 0 spiro atoms. The molecule has 0 bridgehead atoms. The molecule has 1 N–H and O–H groups in total. The minimum atomic E-state index is -0.330. The second-order valence-corrected chi connectivity index (χ2v) is 8.13. The number of aromatic nitrogens is 4. The van der Waals surface area contributed by atoms with Gasteiger partial charge in [-0.2, -0.15) is 4.52 Å². The number of anilines is 1. The van der Waals surface area contributed by atoms with Crippen LogP contribution in [0.5, 0.6) is 0 Å².